The lowest BCUT2D eigenvalue weighted by atomic mass is 10.1. The summed E-state index contributed by atoms with van der Waals surface area (Å²) in [4.78, 5) is 1.41. The van der Waals surface area contributed by atoms with Gasteiger partial charge in [0.1, 0.15) is 0 Å². The highest BCUT2D eigenvalue weighted by Gasteiger charge is 2.09. The van der Waals surface area contributed by atoms with Gasteiger partial charge in [0.15, 0.2) is 0 Å². The Morgan fingerprint density at radius 2 is 2.08 bits per heavy atom. The zero-order chi connectivity index (χ0) is 9.10. The fourth-order valence-electron chi connectivity index (χ4n) is 1.83. The summed E-state index contributed by atoms with van der Waals surface area (Å²) in [6, 6.07) is 8.70. The van der Waals surface area contributed by atoms with Gasteiger partial charge in [-0.25, -0.2) is 0 Å². The SMILES string of the molecule is CSc1ccccc1C1=CCCC1. The first kappa shape index (κ1) is 8.89. The van der Waals surface area contributed by atoms with Crippen LogP contribution in [0.4, 0.5) is 0 Å². The summed E-state index contributed by atoms with van der Waals surface area (Å²) in [5.74, 6) is 0. The van der Waals surface area contributed by atoms with Gasteiger partial charge in [-0.3, -0.25) is 0 Å². The highest BCUT2D eigenvalue weighted by atomic mass is 32.2. The number of benzene rings is 1. The van der Waals surface area contributed by atoms with Crippen LogP contribution < -0.4 is 0 Å². The van der Waals surface area contributed by atoms with E-state index in [1.54, 1.807) is 5.57 Å². The third-order valence-electron chi connectivity index (χ3n) is 2.49. The highest BCUT2D eigenvalue weighted by Crippen LogP contribution is 2.33. The largest absolute Gasteiger partial charge is 0.129 e. The number of allylic oxidation sites excluding steroid dienone is 2. The molecule has 0 fully saturated rings. The third kappa shape index (κ3) is 1.80. The van der Waals surface area contributed by atoms with E-state index in [-0.39, 0.29) is 0 Å². The van der Waals surface area contributed by atoms with E-state index in [1.807, 2.05) is 11.8 Å². The first-order chi connectivity index (χ1) is 6.42. The maximum Gasteiger partial charge on any atom is 0.0144 e. The molecule has 1 aromatic carbocycles. The molecule has 0 nitrogen and oxygen atoms in total. The van der Waals surface area contributed by atoms with Gasteiger partial charge >= 0.3 is 0 Å². The topological polar surface area (TPSA) is 0 Å². The monoisotopic (exact) mass is 190 g/mol. The molecule has 0 saturated carbocycles. The molecular weight excluding hydrogens is 176 g/mol. The molecule has 0 atom stereocenters. The van der Waals surface area contributed by atoms with Crippen LogP contribution in [0.2, 0.25) is 0 Å². The molecule has 1 aliphatic carbocycles. The molecule has 0 heterocycles. The predicted octanol–water partition coefficient (Wildman–Crippen LogP) is 3.98. The van der Waals surface area contributed by atoms with E-state index in [1.165, 1.54) is 29.7 Å². The minimum atomic E-state index is 1.26. The van der Waals surface area contributed by atoms with Crippen molar-refractivity contribution in [2.75, 3.05) is 6.26 Å². The molecule has 0 amide bonds. The van der Waals surface area contributed by atoms with Crippen LogP contribution in [-0.2, 0) is 0 Å². The Labute approximate surface area is 84.0 Å². The summed E-state index contributed by atoms with van der Waals surface area (Å²) in [6.07, 6.45) is 8.39. The second-order valence-corrected chi connectivity index (χ2v) is 4.17. The average molecular weight is 190 g/mol. The normalized spacial score (nSPS) is 15.9. The van der Waals surface area contributed by atoms with Gasteiger partial charge in [-0.05, 0) is 42.7 Å². The van der Waals surface area contributed by atoms with Crippen molar-refractivity contribution in [1.82, 2.24) is 0 Å². The van der Waals surface area contributed by atoms with Gasteiger partial charge < -0.3 is 0 Å². The molecule has 2 rings (SSSR count). The minimum absolute atomic E-state index is 1.26. The molecule has 0 saturated heterocycles. The van der Waals surface area contributed by atoms with E-state index in [2.05, 4.69) is 36.6 Å². The molecule has 1 heteroatoms. The van der Waals surface area contributed by atoms with Crippen molar-refractivity contribution in [1.29, 1.82) is 0 Å². The maximum absolute atomic E-state index is 2.38. The zero-order valence-electron chi connectivity index (χ0n) is 7.92. The van der Waals surface area contributed by atoms with Gasteiger partial charge in [0.25, 0.3) is 0 Å². The van der Waals surface area contributed by atoms with Gasteiger partial charge in [0, 0.05) is 4.90 Å². The Morgan fingerprint density at radius 1 is 1.23 bits per heavy atom. The van der Waals surface area contributed by atoms with Crippen molar-refractivity contribution < 1.29 is 0 Å². The molecule has 1 aromatic rings. The van der Waals surface area contributed by atoms with Gasteiger partial charge in [-0.15, -0.1) is 11.8 Å². The summed E-state index contributed by atoms with van der Waals surface area (Å²) in [5, 5.41) is 0. The van der Waals surface area contributed by atoms with Crippen LogP contribution in [-0.4, -0.2) is 6.26 Å². The lowest BCUT2D eigenvalue weighted by Crippen LogP contribution is -1.83. The van der Waals surface area contributed by atoms with Crippen LogP contribution in [0, 0.1) is 0 Å². The molecule has 0 spiro atoms. The molecule has 0 N–H and O–H groups in total. The highest BCUT2D eigenvalue weighted by molar-refractivity contribution is 7.98. The van der Waals surface area contributed by atoms with E-state index < -0.39 is 0 Å². The molecule has 0 aromatic heterocycles. The quantitative estimate of drug-likeness (QED) is 0.636. The number of hydrogen-bond acceptors (Lipinski definition) is 1. The van der Waals surface area contributed by atoms with E-state index in [0.29, 0.717) is 0 Å². The number of thioether (sulfide) groups is 1. The molecule has 0 aliphatic heterocycles. The summed E-state index contributed by atoms with van der Waals surface area (Å²) in [5.41, 5.74) is 3.00. The summed E-state index contributed by atoms with van der Waals surface area (Å²) < 4.78 is 0. The predicted molar refractivity (Wildman–Crippen MR) is 60.1 cm³/mol. The maximum atomic E-state index is 2.38. The molecule has 0 unspecified atom stereocenters. The van der Waals surface area contributed by atoms with Crippen LogP contribution in [0.3, 0.4) is 0 Å². The van der Waals surface area contributed by atoms with Crippen LogP contribution in [0.15, 0.2) is 35.2 Å². The lowest BCUT2D eigenvalue weighted by Gasteiger charge is -2.07. The van der Waals surface area contributed by atoms with Crippen LogP contribution in [0.5, 0.6) is 0 Å². The standard InChI is InChI=1S/C12H14S/c1-13-12-9-5-4-8-11(12)10-6-2-3-7-10/h4-6,8-9H,2-3,7H2,1H3. The first-order valence-corrected chi connectivity index (χ1v) is 5.96. The van der Waals surface area contributed by atoms with Crippen molar-refractivity contribution in [3.63, 3.8) is 0 Å². The molecule has 13 heavy (non-hydrogen) atoms. The first-order valence-electron chi connectivity index (χ1n) is 4.74. The fourth-order valence-corrected chi connectivity index (χ4v) is 2.46. The lowest BCUT2D eigenvalue weighted by molar-refractivity contribution is 0.934. The Morgan fingerprint density at radius 3 is 2.77 bits per heavy atom. The second kappa shape index (κ2) is 4.01. The molecule has 1 aliphatic rings. The van der Waals surface area contributed by atoms with E-state index in [4.69, 9.17) is 0 Å². The van der Waals surface area contributed by atoms with Gasteiger partial charge in [0.2, 0.25) is 0 Å². The van der Waals surface area contributed by atoms with Gasteiger partial charge in [-0.1, -0.05) is 24.3 Å². The Bertz CT molecular complexity index is 326. The van der Waals surface area contributed by atoms with Crippen LogP contribution in [0.1, 0.15) is 24.8 Å². The van der Waals surface area contributed by atoms with Crippen molar-refractivity contribution >= 4 is 17.3 Å². The summed E-state index contributed by atoms with van der Waals surface area (Å²) >= 11 is 1.84. The van der Waals surface area contributed by atoms with Gasteiger partial charge in [0.05, 0.1) is 0 Å². The Hall–Kier alpha value is -0.690. The Balaban J connectivity index is 2.38. The average Bonchev–Trinajstić information content (AvgIpc) is 2.70. The number of hydrogen-bond donors (Lipinski definition) is 0. The smallest absolute Gasteiger partial charge is 0.0144 e. The molecule has 68 valence electrons. The third-order valence-corrected chi connectivity index (χ3v) is 3.29. The summed E-state index contributed by atoms with van der Waals surface area (Å²) in [6.45, 7) is 0. The second-order valence-electron chi connectivity index (χ2n) is 3.32. The fraction of sp³-hybridized carbons (Fsp3) is 0.333. The van der Waals surface area contributed by atoms with E-state index in [9.17, 15) is 0 Å². The molecular formula is C12H14S. The van der Waals surface area contributed by atoms with Crippen LogP contribution in [0.25, 0.3) is 5.57 Å². The minimum Gasteiger partial charge on any atom is -0.129 e. The van der Waals surface area contributed by atoms with Crippen LogP contribution >= 0.6 is 11.8 Å². The Kier molecular flexibility index (Phi) is 2.74. The van der Waals surface area contributed by atoms with E-state index in [0.717, 1.165) is 0 Å². The van der Waals surface area contributed by atoms with Crippen molar-refractivity contribution in [2.24, 2.45) is 0 Å². The molecule has 0 bridgehead atoms. The van der Waals surface area contributed by atoms with Crippen molar-refractivity contribution in [2.45, 2.75) is 24.2 Å². The summed E-state index contributed by atoms with van der Waals surface area (Å²) in [7, 11) is 0. The van der Waals surface area contributed by atoms with Crippen molar-refractivity contribution in [3.8, 4) is 0 Å². The van der Waals surface area contributed by atoms with Gasteiger partial charge in [-0.2, -0.15) is 0 Å². The molecule has 0 radical (unpaired) electrons. The number of rotatable bonds is 2. The van der Waals surface area contributed by atoms with Crippen molar-refractivity contribution in [3.05, 3.63) is 35.9 Å². The zero-order valence-corrected chi connectivity index (χ0v) is 8.73. The van der Waals surface area contributed by atoms with E-state index >= 15 is 0 Å².